The lowest BCUT2D eigenvalue weighted by Gasteiger charge is -2.10. The number of benzene rings is 2. The highest BCUT2D eigenvalue weighted by Crippen LogP contribution is 2.30. The normalized spacial score (nSPS) is 11.2. The topological polar surface area (TPSA) is 69.6 Å². The van der Waals surface area contributed by atoms with Crippen LogP contribution in [-0.4, -0.2) is 20.3 Å². The molecule has 176 valence electrons. The number of nitrogens with zero attached hydrogens (tertiary/aromatic N) is 3. The second-order valence-electron chi connectivity index (χ2n) is 8.20. The molecular formula is C27H21F2N3O3. The van der Waals surface area contributed by atoms with E-state index in [1.807, 2.05) is 19.1 Å². The smallest absolute Gasteiger partial charge is 0.309 e. The number of esters is 1. The van der Waals surface area contributed by atoms with Gasteiger partial charge in [-0.3, -0.25) is 9.20 Å². The number of furan rings is 1. The summed E-state index contributed by atoms with van der Waals surface area (Å²) in [5, 5.41) is 0. The highest BCUT2D eigenvalue weighted by molar-refractivity contribution is 5.71. The van der Waals surface area contributed by atoms with Gasteiger partial charge in [0.2, 0.25) is 5.88 Å². The van der Waals surface area contributed by atoms with Gasteiger partial charge in [-0.05, 0) is 48.9 Å². The van der Waals surface area contributed by atoms with E-state index in [0.717, 1.165) is 5.76 Å². The first-order valence-electron chi connectivity index (χ1n) is 11.0. The Bertz CT molecular complexity index is 1550. The third-order valence-corrected chi connectivity index (χ3v) is 5.49. The molecule has 0 N–H and O–H groups in total. The summed E-state index contributed by atoms with van der Waals surface area (Å²) in [5.41, 5.74) is 2.64. The van der Waals surface area contributed by atoms with Crippen LogP contribution < -0.4 is 4.74 Å². The monoisotopic (exact) mass is 473 g/mol. The van der Waals surface area contributed by atoms with E-state index >= 15 is 0 Å². The van der Waals surface area contributed by atoms with Gasteiger partial charge < -0.3 is 9.15 Å². The number of fused-ring (bicyclic) bond motifs is 1. The van der Waals surface area contributed by atoms with Gasteiger partial charge >= 0.3 is 5.97 Å². The lowest BCUT2D eigenvalue weighted by molar-refractivity contribution is -0.132. The van der Waals surface area contributed by atoms with E-state index in [-0.39, 0.29) is 30.1 Å². The molecule has 0 spiro atoms. The molecule has 5 aromatic rings. The van der Waals surface area contributed by atoms with Crippen molar-refractivity contribution in [1.82, 2.24) is 14.4 Å². The van der Waals surface area contributed by atoms with Crippen molar-refractivity contribution in [3.8, 4) is 17.1 Å². The molecule has 0 aliphatic carbocycles. The Morgan fingerprint density at radius 1 is 1.00 bits per heavy atom. The van der Waals surface area contributed by atoms with Gasteiger partial charge in [-0.1, -0.05) is 24.3 Å². The minimum atomic E-state index is -0.528. The van der Waals surface area contributed by atoms with Gasteiger partial charge in [0.15, 0.2) is 5.65 Å². The van der Waals surface area contributed by atoms with Crippen LogP contribution >= 0.6 is 0 Å². The predicted octanol–water partition coefficient (Wildman–Crippen LogP) is 5.68. The molecule has 3 aromatic heterocycles. The Morgan fingerprint density at radius 2 is 1.83 bits per heavy atom. The fourth-order valence-corrected chi connectivity index (χ4v) is 4.00. The third kappa shape index (κ3) is 4.68. The summed E-state index contributed by atoms with van der Waals surface area (Å²) in [5.74, 6) is 0.237. The number of aryl methyl sites for hydroxylation is 1. The fourth-order valence-electron chi connectivity index (χ4n) is 4.00. The second kappa shape index (κ2) is 9.13. The molecule has 8 heteroatoms. The van der Waals surface area contributed by atoms with Crippen molar-refractivity contribution in [2.75, 3.05) is 0 Å². The van der Waals surface area contributed by atoms with Crippen LogP contribution in [0.25, 0.3) is 16.9 Å². The minimum Gasteiger partial charge on any atom is -0.466 e. The van der Waals surface area contributed by atoms with Gasteiger partial charge in [-0.15, -0.1) is 0 Å². The molecule has 0 saturated carbocycles. The van der Waals surface area contributed by atoms with Crippen LogP contribution in [0.3, 0.4) is 0 Å². The van der Waals surface area contributed by atoms with Crippen LogP contribution in [-0.2, 0) is 17.6 Å². The highest BCUT2D eigenvalue weighted by atomic mass is 19.1. The molecule has 35 heavy (non-hydrogen) atoms. The quantitative estimate of drug-likeness (QED) is 0.297. The number of carbonyl (C=O) groups excluding carboxylic acids is 1. The van der Waals surface area contributed by atoms with Crippen LogP contribution in [0.5, 0.6) is 5.88 Å². The molecule has 0 atom stereocenters. The standard InChI is InChI=1S/C27H21F2N3O3/c1-16-10-11-20(34-16)14-24-27(35-17(2)33)32-15-25(21-8-3-4-9-22(21)29)30-23(26(32)31-24)13-18-6-5-7-19(28)12-18/h3-12,15H,13-14H2,1-2H3. The average Bonchev–Trinajstić information content (AvgIpc) is 3.37. The number of imidazole rings is 1. The van der Waals surface area contributed by atoms with Crippen molar-refractivity contribution in [3.63, 3.8) is 0 Å². The first-order valence-corrected chi connectivity index (χ1v) is 11.0. The van der Waals surface area contributed by atoms with Crippen molar-refractivity contribution in [3.05, 3.63) is 107 Å². The van der Waals surface area contributed by atoms with Crippen molar-refractivity contribution < 1.29 is 22.7 Å². The number of halogens is 2. The largest absolute Gasteiger partial charge is 0.466 e. The number of aromatic nitrogens is 3. The maximum absolute atomic E-state index is 14.7. The maximum Gasteiger partial charge on any atom is 0.309 e. The Balaban J connectivity index is 1.73. The molecule has 3 heterocycles. The molecule has 2 aromatic carbocycles. The summed E-state index contributed by atoms with van der Waals surface area (Å²) in [6.45, 7) is 3.13. The van der Waals surface area contributed by atoms with Crippen molar-refractivity contribution in [2.45, 2.75) is 26.7 Å². The lowest BCUT2D eigenvalue weighted by atomic mass is 10.1. The molecule has 0 amide bonds. The van der Waals surface area contributed by atoms with E-state index in [1.165, 1.54) is 25.1 Å². The van der Waals surface area contributed by atoms with E-state index in [1.54, 1.807) is 40.9 Å². The van der Waals surface area contributed by atoms with Crippen molar-refractivity contribution in [1.29, 1.82) is 0 Å². The highest BCUT2D eigenvalue weighted by Gasteiger charge is 2.22. The van der Waals surface area contributed by atoms with Crippen LogP contribution in [0.2, 0.25) is 0 Å². The Kier molecular flexibility index (Phi) is 5.86. The number of rotatable bonds is 6. The van der Waals surface area contributed by atoms with E-state index in [2.05, 4.69) is 0 Å². The maximum atomic E-state index is 14.7. The Morgan fingerprint density at radius 3 is 2.54 bits per heavy atom. The van der Waals surface area contributed by atoms with Crippen LogP contribution in [0, 0.1) is 18.6 Å². The van der Waals surface area contributed by atoms with Crippen molar-refractivity contribution in [2.24, 2.45) is 0 Å². The summed E-state index contributed by atoms with van der Waals surface area (Å²) < 4.78 is 41.4. The predicted molar refractivity (Wildman–Crippen MR) is 125 cm³/mol. The molecule has 0 aliphatic heterocycles. The Hall–Kier alpha value is -4.33. The van der Waals surface area contributed by atoms with Crippen molar-refractivity contribution >= 4 is 11.6 Å². The molecule has 5 rings (SSSR count). The summed E-state index contributed by atoms with van der Waals surface area (Å²) in [6.07, 6.45) is 2.09. The summed E-state index contributed by atoms with van der Waals surface area (Å²) in [4.78, 5) is 21.4. The van der Waals surface area contributed by atoms with E-state index in [4.69, 9.17) is 19.1 Å². The molecular weight excluding hydrogens is 452 g/mol. The second-order valence-corrected chi connectivity index (χ2v) is 8.20. The molecule has 0 radical (unpaired) electrons. The van der Waals surface area contributed by atoms with E-state index in [0.29, 0.717) is 34.1 Å². The number of carbonyl (C=O) groups is 1. The fraction of sp³-hybridized carbons (Fsp3) is 0.148. The zero-order valence-corrected chi connectivity index (χ0v) is 19.1. The molecule has 0 fully saturated rings. The zero-order chi connectivity index (χ0) is 24.5. The number of hydrogen-bond donors (Lipinski definition) is 0. The van der Waals surface area contributed by atoms with Crippen LogP contribution in [0.1, 0.15) is 35.4 Å². The van der Waals surface area contributed by atoms with Gasteiger partial charge in [0.25, 0.3) is 0 Å². The average molecular weight is 473 g/mol. The molecule has 0 aliphatic rings. The van der Waals surface area contributed by atoms with Crippen LogP contribution in [0.15, 0.2) is 71.3 Å². The van der Waals surface area contributed by atoms with Gasteiger partial charge in [0.1, 0.15) is 28.8 Å². The summed E-state index contributed by atoms with van der Waals surface area (Å²) in [7, 11) is 0. The third-order valence-electron chi connectivity index (χ3n) is 5.49. The minimum absolute atomic E-state index is 0.196. The van der Waals surface area contributed by atoms with Gasteiger partial charge in [0.05, 0.1) is 17.8 Å². The number of hydrogen-bond acceptors (Lipinski definition) is 5. The summed E-state index contributed by atoms with van der Waals surface area (Å²) in [6, 6.07) is 16.1. The van der Waals surface area contributed by atoms with Crippen LogP contribution in [0.4, 0.5) is 8.78 Å². The van der Waals surface area contributed by atoms with E-state index < -0.39 is 11.8 Å². The first-order chi connectivity index (χ1) is 16.9. The van der Waals surface area contributed by atoms with Gasteiger partial charge in [-0.25, -0.2) is 18.7 Å². The molecule has 6 nitrogen and oxygen atoms in total. The summed E-state index contributed by atoms with van der Waals surface area (Å²) >= 11 is 0. The lowest BCUT2D eigenvalue weighted by Crippen LogP contribution is -2.07. The molecule has 0 bridgehead atoms. The van der Waals surface area contributed by atoms with E-state index in [9.17, 15) is 13.6 Å². The molecule has 0 unspecified atom stereocenters. The van der Waals surface area contributed by atoms with Gasteiger partial charge in [0, 0.05) is 25.1 Å². The molecule has 0 saturated heterocycles. The first kappa shape index (κ1) is 22.5. The Labute approximate surface area is 199 Å². The zero-order valence-electron chi connectivity index (χ0n) is 19.1. The SMILES string of the molecule is CC(=O)Oc1c(Cc2ccc(C)o2)nc2c(Cc3cccc(F)c3)nc(-c3ccccc3F)cn12. The van der Waals surface area contributed by atoms with Gasteiger partial charge in [-0.2, -0.15) is 0 Å². The number of ether oxygens (including phenoxy) is 1.